The molecule has 2 aliphatic rings. The van der Waals surface area contributed by atoms with Crippen LogP contribution in [0.1, 0.15) is 37.7 Å². The fourth-order valence-electron chi connectivity index (χ4n) is 3.92. The Morgan fingerprint density at radius 2 is 2.19 bits per heavy atom. The van der Waals surface area contributed by atoms with Crippen molar-refractivity contribution in [1.82, 2.24) is 0 Å². The highest BCUT2D eigenvalue weighted by Crippen LogP contribution is 2.49. The molecule has 3 unspecified atom stereocenters. The van der Waals surface area contributed by atoms with Crippen LogP contribution in [0.15, 0.2) is 18.2 Å². The molecule has 2 fully saturated rings. The van der Waals surface area contributed by atoms with Crippen LogP contribution in [0.4, 0.5) is 11.4 Å². The van der Waals surface area contributed by atoms with E-state index < -0.39 is 4.92 Å². The number of non-ortho nitro benzene ring substituents is 1. The molecular weight excluding hydrogens is 268 g/mol. The summed E-state index contributed by atoms with van der Waals surface area (Å²) in [6, 6.07) is 4.57. The molecule has 1 amide bonds. The van der Waals surface area contributed by atoms with Gasteiger partial charge in [-0.25, -0.2) is 0 Å². The van der Waals surface area contributed by atoms with E-state index in [0.29, 0.717) is 23.9 Å². The Morgan fingerprint density at radius 3 is 2.81 bits per heavy atom. The van der Waals surface area contributed by atoms with Gasteiger partial charge in [0, 0.05) is 18.6 Å². The second-order valence-electron chi connectivity index (χ2n) is 6.44. The molecule has 5 nitrogen and oxygen atoms in total. The first kappa shape index (κ1) is 14.0. The fourth-order valence-corrected chi connectivity index (χ4v) is 3.92. The number of fused-ring (bicyclic) bond motifs is 2. The van der Waals surface area contributed by atoms with Crippen LogP contribution in [-0.4, -0.2) is 10.8 Å². The Bertz CT molecular complexity index is 585. The topological polar surface area (TPSA) is 72.2 Å². The Morgan fingerprint density at radius 1 is 1.38 bits per heavy atom. The van der Waals surface area contributed by atoms with Crippen LogP contribution in [0.5, 0.6) is 0 Å². The number of nitro benzene ring substituents is 1. The van der Waals surface area contributed by atoms with Gasteiger partial charge in [0.1, 0.15) is 0 Å². The molecule has 2 bridgehead atoms. The van der Waals surface area contributed by atoms with Gasteiger partial charge in [-0.1, -0.05) is 12.5 Å². The number of amides is 1. The third kappa shape index (κ3) is 2.91. The fraction of sp³-hybridized carbons (Fsp3) is 0.562. The van der Waals surface area contributed by atoms with Crippen LogP contribution in [0.25, 0.3) is 0 Å². The second kappa shape index (κ2) is 5.47. The van der Waals surface area contributed by atoms with Crippen LogP contribution in [0.3, 0.4) is 0 Å². The quantitative estimate of drug-likeness (QED) is 0.678. The Balaban J connectivity index is 1.64. The van der Waals surface area contributed by atoms with E-state index >= 15 is 0 Å². The highest BCUT2D eigenvalue weighted by atomic mass is 16.6. The lowest BCUT2D eigenvalue weighted by atomic mass is 9.86. The van der Waals surface area contributed by atoms with Crippen LogP contribution < -0.4 is 5.32 Å². The summed E-state index contributed by atoms with van der Waals surface area (Å²) in [4.78, 5) is 22.6. The number of benzene rings is 1. The lowest BCUT2D eigenvalue weighted by Crippen LogP contribution is -2.20. The number of anilines is 1. The number of nitrogens with zero attached hydrogens (tertiary/aromatic N) is 1. The lowest BCUT2D eigenvalue weighted by Gasteiger charge is -2.21. The molecule has 0 aromatic heterocycles. The molecule has 21 heavy (non-hydrogen) atoms. The van der Waals surface area contributed by atoms with E-state index in [4.69, 9.17) is 0 Å². The summed E-state index contributed by atoms with van der Waals surface area (Å²) < 4.78 is 0. The van der Waals surface area contributed by atoms with Crippen molar-refractivity contribution in [2.24, 2.45) is 17.8 Å². The number of nitro groups is 1. The van der Waals surface area contributed by atoms with Gasteiger partial charge in [-0.05, 0) is 49.5 Å². The zero-order chi connectivity index (χ0) is 15.0. The van der Waals surface area contributed by atoms with Gasteiger partial charge in [0.25, 0.3) is 5.69 Å². The van der Waals surface area contributed by atoms with Crippen molar-refractivity contribution in [2.75, 3.05) is 5.32 Å². The smallest absolute Gasteiger partial charge is 0.271 e. The number of rotatable bonds is 4. The molecule has 112 valence electrons. The number of nitrogens with one attached hydrogen (secondary N) is 1. The molecule has 3 rings (SSSR count). The van der Waals surface area contributed by atoms with E-state index in [-0.39, 0.29) is 11.6 Å². The summed E-state index contributed by atoms with van der Waals surface area (Å²) in [6.45, 7) is 1.84. The Kier molecular flexibility index (Phi) is 3.66. The van der Waals surface area contributed by atoms with E-state index in [1.807, 2.05) is 6.92 Å². The zero-order valence-corrected chi connectivity index (χ0v) is 12.2. The third-order valence-electron chi connectivity index (χ3n) is 5.04. The normalized spacial score (nSPS) is 26.8. The molecule has 1 aromatic rings. The van der Waals surface area contributed by atoms with E-state index in [0.717, 1.165) is 11.5 Å². The van der Waals surface area contributed by atoms with Crippen LogP contribution >= 0.6 is 0 Å². The highest BCUT2D eigenvalue weighted by molar-refractivity contribution is 5.92. The average Bonchev–Trinajstić information content (AvgIpc) is 3.03. The number of hydrogen-bond acceptors (Lipinski definition) is 3. The molecule has 2 aliphatic carbocycles. The number of carbonyl (C=O) groups is 1. The molecule has 0 radical (unpaired) electrons. The van der Waals surface area contributed by atoms with Gasteiger partial charge in [0.05, 0.1) is 10.6 Å². The first-order valence-electron chi connectivity index (χ1n) is 7.58. The molecular formula is C16H20N2O3. The summed E-state index contributed by atoms with van der Waals surface area (Å²) in [5, 5.41) is 13.7. The molecule has 0 heterocycles. The van der Waals surface area contributed by atoms with Gasteiger partial charge in [0.2, 0.25) is 5.91 Å². The van der Waals surface area contributed by atoms with Crippen molar-refractivity contribution in [1.29, 1.82) is 0 Å². The van der Waals surface area contributed by atoms with E-state index in [1.54, 1.807) is 6.07 Å². The zero-order valence-electron chi connectivity index (χ0n) is 12.2. The van der Waals surface area contributed by atoms with Crippen molar-refractivity contribution in [3.63, 3.8) is 0 Å². The summed E-state index contributed by atoms with van der Waals surface area (Å²) >= 11 is 0. The molecule has 1 aromatic carbocycles. The van der Waals surface area contributed by atoms with Crippen molar-refractivity contribution < 1.29 is 9.72 Å². The monoisotopic (exact) mass is 288 g/mol. The Hall–Kier alpha value is -1.91. The summed E-state index contributed by atoms with van der Waals surface area (Å²) in [5.74, 6) is 2.03. The molecule has 0 saturated heterocycles. The summed E-state index contributed by atoms with van der Waals surface area (Å²) in [7, 11) is 0. The van der Waals surface area contributed by atoms with Crippen molar-refractivity contribution in [3.8, 4) is 0 Å². The van der Waals surface area contributed by atoms with Gasteiger partial charge in [-0.2, -0.15) is 0 Å². The standard InChI is InChI=1S/C16H20N2O3/c1-10-2-5-14(18(20)21)9-15(10)17-16(19)8-13-7-11-3-4-12(13)6-11/h2,5,9,11-13H,3-4,6-8H2,1H3,(H,17,19). The minimum Gasteiger partial charge on any atom is -0.326 e. The summed E-state index contributed by atoms with van der Waals surface area (Å²) in [5.41, 5.74) is 1.41. The van der Waals surface area contributed by atoms with E-state index in [2.05, 4.69) is 5.32 Å². The number of aryl methyl sites for hydroxylation is 1. The van der Waals surface area contributed by atoms with Crippen molar-refractivity contribution in [2.45, 2.75) is 39.0 Å². The maximum Gasteiger partial charge on any atom is 0.271 e. The van der Waals surface area contributed by atoms with Gasteiger partial charge in [-0.15, -0.1) is 0 Å². The summed E-state index contributed by atoms with van der Waals surface area (Å²) in [6.07, 6.45) is 5.59. The van der Waals surface area contributed by atoms with Crippen LogP contribution in [-0.2, 0) is 4.79 Å². The first-order chi connectivity index (χ1) is 10.0. The lowest BCUT2D eigenvalue weighted by molar-refractivity contribution is -0.384. The van der Waals surface area contributed by atoms with E-state index in [1.165, 1.54) is 37.8 Å². The predicted octanol–water partition coefficient (Wildman–Crippen LogP) is 3.67. The van der Waals surface area contributed by atoms with Crippen molar-refractivity contribution in [3.05, 3.63) is 33.9 Å². The maximum absolute atomic E-state index is 12.2. The minimum absolute atomic E-state index is 0.0100. The Labute approximate surface area is 123 Å². The highest BCUT2D eigenvalue weighted by Gasteiger charge is 2.40. The third-order valence-corrected chi connectivity index (χ3v) is 5.04. The van der Waals surface area contributed by atoms with Crippen LogP contribution in [0.2, 0.25) is 0 Å². The van der Waals surface area contributed by atoms with Gasteiger partial charge < -0.3 is 5.32 Å². The first-order valence-corrected chi connectivity index (χ1v) is 7.58. The molecule has 2 saturated carbocycles. The predicted molar refractivity (Wildman–Crippen MR) is 80.0 cm³/mol. The largest absolute Gasteiger partial charge is 0.326 e. The molecule has 1 N–H and O–H groups in total. The molecule has 5 heteroatoms. The van der Waals surface area contributed by atoms with Crippen molar-refractivity contribution >= 4 is 17.3 Å². The maximum atomic E-state index is 12.2. The van der Waals surface area contributed by atoms with Gasteiger partial charge in [-0.3, -0.25) is 14.9 Å². The van der Waals surface area contributed by atoms with Gasteiger partial charge >= 0.3 is 0 Å². The van der Waals surface area contributed by atoms with Gasteiger partial charge in [0.15, 0.2) is 0 Å². The van der Waals surface area contributed by atoms with Crippen LogP contribution in [0, 0.1) is 34.8 Å². The minimum atomic E-state index is -0.439. The number of carbonyl (C=O) groups excluding carboxylic acids is 1. The molecule has 3 atom stereocenters. The molecule has 0 aliphatic heterocycles. The van der Waals surface area contributed by atoms with E-state index in [9.17, 15) is 14.9 Å². The SMILES string of the molecule is Cc1ccc([N+](=O)[O-])cc1NC(=O)CC1CC2CCC1C2. The average molecular weight is 288 g/mol. The number of hydrogen-bond donors (Lipinski definition) is 1. The molecule has 0 spiro atoms. The second-order valence-corrected chi connectivity index (χ2v) is 6.44.